The van der Waals surface area contributed by atoms with Gasteiger partial charge in [0.05, 0.1) is 10.6 Å². The van der Waals surface area contributed by atoms with Crippen molar-refractivity contribution < 1.29 is 9.53 Å². The second-order valence-electron chi connectivity index (χ2n) is 4.80. The standard InChI is InChI=1S/C14H15Cl2N3O2/c1-8(2)19-12(17-7-18-19)6-21-14-10(9(3)20)4-5-11(15)13(14)16/h4-5,7-8H,6H2,1-3H3. The molecule has 0 saturated heterocycles. The van der Waals surface area contributed by atoms with E-state index in [1.165, 1.54) is 13.3 Å². The average molecular weight is 328 g/mol. The topological polar surface area (TPSA) is 57.0 Å². The summed E-state index contributed by atoms with van der Waals surface area (Å²) < 4.78 is 7.43. The van der Waals surface area contributed by atoms with Crippen molar-refractivity contribution in [3.8, 4) is 5.75 Å². The number of ketones is 1. The summed E-state index contributed by atoms with van der Waals surface area (Å²) in [5.74, 6) is 0.777. The Morgan fingerprint density at radius 2 is 2.10 bits per heavy atom. The van der Waals surface area contributed by atoms with Gasteiger partial charge in [0.1, 0.15) is 18.0 Å². The monoisotopic (exact) mass is 327 g/mol. The lowest BCUT2D eigenvalue weighted by Gasteiger charge is -2.14. The van der Waals surface area contributed by atoms with E-state index in [4.69, 9.17) is 27.9 Å². The zero-order valence-corrected chi connectivity index (χ0v) is 13.4. The maximum Gasteiger partial charge on any atom is 0.165 e. The average Bonchev–Trinajstić information content (AvgIpc) is 2.88. The third-order valence-corrected chi connectivity index (χ3v) is 3.70. The molecule has 0 aliphatic heterocycles. The Hall–Kier alpha value is -1.59. The molecular weight excluding hydrogens is 313 g/mol. The number of nitrogens with zero attached hydrogens (tertiary/aromatic N) is 3. The number of halogens is 2. The van der Waals surface area contributed by atoms with E-state index in [1.54, 1.807) is 16.8 Å². The lowest BCUT2D eigenvalue weighted by Crippen LogP contribution is -2.11. The van der Waals surface area contributed by atoms with E-state index in [1.807, 2.05) is 13.8 Å². The van der Waals surface area contributed by atoms with E-state index < -0.39 is 0 Å². The Kier molecular flexibility index (Phi) is 4.85. The van der Waals surface area contributed by atoms with Gasteiger partial charge in [0.15, 0.2) is 17.4 Å². The highest BCUT2D eigenvalue weighted by molar-refractivity contribution is 6.43. The van der Waals surface area contributed by atoms with Crippen LogP contribution in [0.1, 0.15) is 43.0 Å². The molecule has 0 fully saturated rings. The number of carbonyl (C=O) groups excluding carboxylic acids is 1. The number of hydrogen-bond donors (Lipinski definition) is 0. The Bertz CT molecular complexity index is 668. The molecular formula is C14H15Cl2N3O2. The molecule has 0 N–H and O–H groups in total. The van der Waals surface area contributed by atoms with E-state index in [0.29, 0.717) is 16.4 Å². The van der Waals surface area contributed by atoms with Gasteiger partial charge in [-0.1, -0.05) is 23.2 Å². The Labute approximate surface area is 132 Å². The molecule has 1 aromatic carbocycles. The first-order chi connectivity index (χ1) is 9.91. The predicted molar refractivity (Wildman–Crippen MR) is 81.2 cm³/mol. The van der Waals surface area contributed by atoms with Crippen LogP contribution < -0.4 is 4.74 Å². The fraction of sp³-hybridized carbons (Fsp3) is 0.357. The molecule has 21 heavy (non-hydrogen) atoms. The van der Waals surface area contributed by atoms with Gasteiger partial charge in [0, 0.05) is 6.04 Å². The molecule has 0 saturated carbocycles. The highest BCUT2D eigenvalue weighted by atomic mass is 35.5. The van der Waals surface area contributed by atoms with Gasteiger partial charge in [-0.05, 0) is 32.9 Å². The number of rotatable bonds is 5. The van der Waals surface area contributed by atoms with E-state index >= 15 is 0 Å². The summed E-state index contributed by atoms with van der Waals surface area (Å²) in [6.45, 7) is 5.58. The van der Waals surface area contributed by atoms with Crippen LogP contribution in [0.25, 0.3) is 0 Å². The summed E-state index contributed by atoms with van der Waals surface area (Å²) in [5.41, 5.74) is 0.389. The molecule has 0 spiro atoms. The van der Waals surface area contributed by atoms with Crippen LogP contribution in [-0.4, -0.2) is 20.5 Å². The molecule has 0 atom stereocenters. The van der Waals surface area contributed by atoms with Crippen molar-refractivity contribution in [2.24, 2.45) is 0 Å². The van der Waals surface area contributed by atoms with Crippen LogP contribution in [0.5, 0.6) is 5.75 Å². The van der Waals surface area contributed by atoms with Crippen molar-refractivity contribution in [3.05, 3.63) is 39.9 Å². The Morgan fingerprint density at radius 3 is 2.71 bits per heavy atom. The molecule has 0 bridgehead atoms. The van der Waals surface area contributed by atoms with Crippen molar-refractivity contribution in [1.29, 1.82) is 0 Å². The molecule has 1 aromatic heterocycles. The third kappa shape index (κ3) is 3.36. The van der Waals surface area contributed by atoms with Crippen LogP contribution in [0.15, 0.2) is 18.5 Å². The van der Waals surface area contributed by atoms with Gasteiger partial charge in [0.25, 0.3) is 0 Å². The highest BCUT2D eigenvalue weighted by Crippen LogP contribution is 2.35. The Morgan fingerprint density at radius 1 is 1.38 bits per heavy atom. The fourth-order valence-corrected chi connectivity index (χ4v) is 2.26. The van der Waals surface area contributed by atoms with Crippen LogP contribution in [0, 0.1) is 0 Å². The first-order valence-corrected chi connectivity index (χ1v) is 7.17. The summed E-state index contributed by atoms with van der Waals surface area (Å²) in [5, 5.41) is 4.68. The maximum absolute atomic E-state index is 11.7. The number of Topliss-reactive ketones (excluding diaryl/α,β-unsaturated/α-hetero) is 1. The quantitative estimate of drug-likeness (QED) is 0.780. The zero-order valence-electron chi connectivity index (χ0n) is 11.9. The van der Waals surface area contributed by atoms with E-state index in [2.05, 4.69) is 10.1 Å². The lowest BCUT2D eigenvalue weighted by molar-refractivity contribution is 0.101. The van der Waals surface area contributed by atoms with Crippen LogP contribution in [0.3, 0.4) is 0 Å². The second kappa shape index (κ2) is 6.45. The lowest BCUT2D eigenvalue weighted by atomic mass is 10.1. The van der Waals surface area contributed by atoms with Crippen molar-refractivity contribution in [2.75, 3.05) is 0 Å². The van der Waals surface area contributed by atoms with Gasteiger partial charge >= 0.3 is 0 Å². The van der Waals surface area contributed by atoms with Crippen LogP contribution in [-0.2, 0) is 6.61 Å². The smallest absolute Gasteiger partial charge is 0.165 e. The minimum atomic E-state index is -0.145. The highest BCUT2D eigenvalue weighted by Gasteiger charge is 2.17. The maximum atomic E-state index is 11.7. The predicted octanol–water partition coefficient (Wildman–Crippen LogP) is 3.95. The van der Waals surface area contributed by atoms with E-state index in [-0.39, 0.29) is 29.2 Å². The summed E-state index contributed by atoms with van der Waals surface area (Å²) in [6.07, 6.45) is 1.46. The number of carbonyl (C=O) groups is 1. The van der Waals surface area contributed by atoms with Gasteiger partial charge in [-0.2, -0.15) is 5.10 Å². The second-order valence-corrected chi connectivity index (χ2v) is 5.58. The number of benzene rings is 1. The summed E-state index contributed by atoms with van der Waals surface area (Å²) in [6, 6.07) is 3.33. The molecule has 112 valence electrons. The molecule has 7 heteroatoms. The molecule has 0 amide bonds. The Balaban J connectivity index is 2.29. The zero-order chi connectivity index (χ0) is 15.6. The van der Waals surface area contributed by atoms with E-state index in [0.717, 1.165) is 0 Å². The molecule has 1 heterocycles. The van der Waals surface area contributed by atoms with Crippen LogP contribution in [0.2, 0.25) is 10.0 Å². The van der Waals surface area contributed by atoms with Gasteiger partial charge in [-0.25, -0.2) is 9.67 Å². The summed E-state index contributed by atoms with van der Waals surface area (Å²) in [4.78, 5) is 15.8. The largest absolute Gasteiger partial charge is 0.483 e. The van der Waals surface area contributed by atoms with E-state index in [9.17, 15) is 4.79 Å². The van der Waals surface area contributed by atoms with Gasteiger partial charge in [-0.15, -0.1) is 0 Å². The first-order valence-electron chi connectivity index (χ1n) is 6.42. The third-order valence-electron chi connectivity index (χ3n) is 2.91. The molecule has 0 unspecified atom stereocenters. The molecule has 2 aromatic rings. The number of ether oxygens (including phenoxy) is 1. The van der Waals surface area contributed by atoms with Gasteiger partial charge in [-0.3, -0.25) is 4.79 Å². The number of aromatic nitrogens is 3. The van der Waals surface area contributed by atoms with Gasteiger partial charge < -0.3 is 4.74 Å². The van der Waals surface area contributed by atoms with Crippen LogP contribution in [0.4, 0.5) is 0 Å². The number of hydrogen-bond acceptors (Lipinski definition) is 4. The van der Waals surface area contributed by atoms with Crippen molar-refractivity contribution in [1.82, 2.24) is 14.8 Å². The molecule has 2 rings (SSSR count). The SMILES string of the molecule is CC(=O)c1ccc(Cl)c(Cl)c1OCc1ncnn1C(C)C. The van der Waals surface area contributed by atoms with Crippen molar-refractivity contribution >= 4 is 29.0 Å². The normalized spacial score (nSPS) is 11.0. The minimum Gasteiger partial charge on any atom is -0.483 e. The molecule has 0 aliphatic rings. The summed E-state index contributed by atoms with van der Waals surface area (Å²) in [7, 11) is 0. The van der Waals surface area contributed by atoms with Crippen LogP contribution >= 0.6 is 23.2 Å². The molecule has 0 aliphatic carbocycles. The molecule has 0 radical (unpaired) electrons. The first kappa shape index (κ1) is 15.8. The molecule has 5 nitrogen and oxygen atoms in total. The summed E-state index contributed by atoms with van der Waals surface area (Å²) >= 11 is 12.1. The van der Waals surface area contributed by atoms with Crippen molar-refractivity contribution in [2.45, 2.75) is 33.4 Å². The fourth-order valence-electron chi connectivity index (χ4n) is 1.90. The minimum absolute atomic E-state index is 0.145. The van der Waals surface area contributed by atoms with Crippen molar-refractivity contribution in [3.63, 3.8) is 0 Å². The van der Waals surface area contributed by atoms with Gasteiger partial charge in [0.2, 0.25) is 0 Å².